The van der Waals surface area contributed by atoms with E-state index in [1.54, 1.807) is 30.5 Å². The number of ether oxygens (including phenoxy) is 3. The van der Waals surface area contributed by atoms with Gasteiger partial charge >= 0.3 is 0 Å². The summed E-state index contributed by atoms with van der Waals surface area (Å²) in [5, 5.41) is 2.35. The maximum atomic E-state index is 14.6. The third-order valence-electron chi connectivity index (χ3n) is 10.3. The molecule has 0 bridgehead atoms. The minimum atomic E-state index is -4.10. The molecular formula is C44H42ClF4IN8O9S2. The Kier molecular flexibility index (Phi) is 17.6. The Hall–Kier alpha value is -5.32. The largest absolute Gasteiger partial charge is 0.378 e. The van der Waals surface area contributed by atoms with Gasteiger partial charge in [0.05, 0.1) is 96.8 Å². The molecule has 1 amide bonds. The van der Waals surface area contributed by atoms with Crippen LogP contribution >= 0.6 is 34.2 Å². The molecule has 0 atom stereocenters. The van der Waals surface area contributed by atoms with Crippen molar-refractivity contribution in [3.63, 3.8) is 0 Å². The number of sulfonamides is 2. The minimum absolute atomic E-state index is 0.0240. The number of nitrogens with one attached hydrogen (secondary N) is 3. The fourth-order valence-electron chi connectivity index (χ4n) is 6.72. The molecule has 0 unspecified atom stereocenters. The van der Waals surface area contributed by atoms with E-state index in [0.717, 1.165) is 36.4 Å². The van der Waals surface area contributed by atoms with E-state index in [9.17, 15) is 39.2 Å². The molecule has 3 heterocycles. The molecule has 0 saturated carbocycles. The average molecular weight is 1130 g/mol. The number of carbonyl (C=O) groups excluding carboxylic acids is 1. The highest BCUT2D eigenvalue weighted by atomic mass is 127. The van der Waals surface area contributed by atoms with Gasteiger partial charge in [0.15, 0.2) is 16.8 Å². The van der Waals surface area contributed by atoms with E-state index in [-0.39, 0.29) is 92.1 Å². The van der Waals surface area contributed by atoms with Gasteiger partial charge in [0.2, 0.25) is 10.0 Å². The van der Waals surface area contributed by atoms with Crippen molar-refractivity contribution in [1.29, 1.82) is 0 Å². The van der Waals surface area contributed by atoms with Crippen molar-refractivity contribution in [2.45, 2.75) is 4.90 Å². The Labute approximate surface area is 412 Å². The molecule has 1 aliphatic rings. The van der Waals surface area contributed by atoms with Crippen LogP contribution in [0.2, 0.25) is 5.15 Å². The highest BCUT2D eigenvalue weighted by Gasteiger charge is 2.28. The summed E-state index contributed by atoms with van der Waals surface area (Å²) < 4.78 is 129. The lowest BCUT2D eigenvalue weighted by atomic mass is 10.1. The van der Waals surface area contributed by atoms with Gasteiger partial charge in [0, 0.05) is 41.5 Å². The van der Waals surface area contributed by atoms with Crippen molar-refractivity contribution < 1.29 is 58.2 Å². The van der Waals surface area contributed by atoms with Gasteiger partial charge in [-0.15, -0.1) is 0 Å². The maximum Gasteiger partial charge on any atom is 0.277 e. The molecule has 0 radical (unpaired) electrons. The van der Waals surface area contributed by atoms with Crippen LogP contribution in [-0.4, -0.2) is 120 Å². The number of rotatable bonds is 22. The molecule has 17 nitrogen and oxygen atoms in total. The second-order valence-corrected chi connectivity index (χ2v) is 20.3. The minimum Gasteiger partial charge on any atom is -0.378 e. The smallest absolute Gasteiger partial charge is 0.277 e. The quantitative estimate of drug-likeness (QED) is 0.0208. The highest BCUT2D eigenvalue weighted by Crippen LogP contribution is 2.32. The van der Waals surface area contributed by atoms with E-state index >= 15 is 0 Å². The number of anilines is 4. The number of nitrogens with zero attached hydrogens (tertiary/aromatic N) is 5. The predicted molar refractivity (Wildman–Crippen MR) is 257 cm³/mol. The zero-order chi connectivity index (χ0) is 49.1. The Morgan fingerprint density at radius 3 is 2.12 bits per heavy atom. The van der Waals surface area contributed by atoms with Crippen molar-refractivity contribution in [2.75, 3.05) is 93.1 Å². The number of carbonyl (C=O) groups is 1. The van der Waals surface area contributed by atoms with Gasteiger partial charge in [0.1, 0.15) is 17.5 Å². The van der Waals surface area contributed by atoms with Crippen LogP contribution in [0.25, 0.3) is 22.2 Å². The summed E-state index contributed by atoms with van der Waals surface area (Å²) in [5.41, 5.74) is 3.43. The monoisotopic (exact) mass is 1130 g/mol. The molecule has 2 aromatic heterocycles. The summed E-state index contributed by atoms with van der Waals surface area (Å²) in [4.78, 5) is 33.0. The van der Waals surface area contributed by atoms with Crippen LogP contribution in [0.5, 0.6) is 0 Å². The Morgan fingerprint density at radius 2 is 1.41 bits per heavy atom. The number of halogens is 6. The third kappa shape index (κ3) is 13.7. The molecule has 1 fully saturated rings. The number of pyridine rings is 1. The average Bonchev–Trinajstić information content (AvgIpc) is 3.33. The van der Waals surface area contributed by atoms with Gasteiger partial charge in [-0.25, -0.2) is 49.8 Å². The van der Waals surface area contributed by atoms with E-state index in [2.05, 4.69) is 25.5 Å². The summed E-state index contributed by atoms with van der Waals surface area (Å²) in [7, 11) is -7.72. The van der Waals surface area contributed by atoms with E-state index in [4.69, 9.17) is 35.6 Å². The second kappa shape index (κ2) is 23.5. The predicted octanol–water partition coefficient (Wildman–Crippen LogP) is 6.91. The first-order valence-electron chi connectivity index (χ1n) is 20.9. The summed E-state index contributed by atoms with van der Waals surface area (Å²) in [6.45, 7) is 1.75. The van der Waals surface area contributed by atoms with Crippen LogP contribution in [0.3, 0.4) is 0 Å². The normalized spacial score (nSPS) is 13.4. The van der Waals surface area contributed by atoms with Crippen LogP contribution < -0.4 is 20.4 Å². The number of fused-ring (bicyclic) bond motifs is 1. The summed E-state index contributed by atoms with van der Waals surface area (Å²) in [6.07, 6.45) is 3.11. The number of benzene rings is 4. The number of hydrogen-bond donors (Lipinski definition) is 3. The fourth-order valence-corrected chi connectivity index (χ4v) is 9.74. The first-order chi connectivity index (χ1) is 33.1. The van der Waals surface area contributed by atoms with Crippen LogP contribution in [-0.2, 0) is 39.1 Å². The van der Waals surface area contributed by atoms with Crippen LogP contribution in [0.15, 0.2) is 96.2 Å². The molecule has 4 aromatic carbocycles. The molecule has 0 spiro atoms. The van der Waals surface area contributed by atoms with Crippen LogP contribution in [0.1, 0.15) is 10.4 Å². The number of aromatic nitrogens is 3. The Balaban J connectivity index is 0.777. The first kappa shape index (κ1) is 51.5. The van der Waals surface area contributed by atoms with E-state index in [1.165, 1.54) is 28.7 Å². The van der Waals surface area contributed by atoms with E-state index < -0.39 is 54.9 Å². The topological polar surface area (TPSA) is 204 Å². The Bertz CT molecular complexity index is 3020. The zero-order valence-electron chi connectivity index (χ0n) is 36.1. The van der Waals surface area contributed by atoms with Crippen LogP contribution in [0.4, 0.5) is 40.4 Å². The number of piperazine rings is 1. The van der Waals surface area contributed by atoms with Crippen molar-refractivity contribution in [3.8, 4) is 11.1 Å². The van der Waals surface area contributed by atoms with Crippen LogP contribution in [0, 0.1) is 26.8 Å². The molecule has 1 aliphatic heterocycles. The molecule has 1 saturated heterocycles. The molecule has 366 valence electrons. The number of hydroxylamine groups is 1. The van der Waals surface area contributed by atoms with E-state index in [0.29, 0.717) is 44.6 Å². The van der Waals surface area contributed by atoms with Gasteiger partial charge in [-0.1, -0.05) is 17.7 Å². The maximum absolute atomic E-state index is 14.6. The lowest BCUT2D eigenvalue weighted by molar-refractivity contribution is -0.0193. The van der Waals surface area contributed by atoms with Crippen molar-refractivity contribution >= 4 is 94.1 Å². The molecule has 0 aliphatic carbocycles. The first-order valence-corrected chi connectivity index (χ1v) is 25.4. The molecule has 7 rings (SSSR count). The van der Waals surface area contributed by atoms with Gasteiger partial charge in [0.25, 0.3) is 15.9 Å². The van der Waals surface area contributed by atoms with E-state index in [1.807, 2.05) is 27.5 Å². The summed E-state index contributed by atoms with van der Waals surface area (Å²) in [5.74, 6) is -4.49. The summed E-state index contributed by atoms with van der Waals surface area (Å²) >= 11 is 8.14. The van der Waals surface area contributed by atoms with Gasteiger partial charge < -0.3 is 24.4 Å². The molecule has 3 N–H and O–H groups in total. The van der Waals surface area contributed by atoms with Gasteiger partial charge in [-0.2, -0.15) is 4.31 Å². The number of hydrogen-bond acceptors (Lipinski definition) is 14. The van der Waals surface area contributed by atoms with Gasteiger partial charge in [-0.3, -0.25) is 19.3 Å². The molecule has 69 heavy (non-hydrogen) atoms. The standard InChI is InChI=1S/C44H42ClF4IN8O9S2/c45-43-39(56-69(62,63)32-5-2-30(46)3-6-32)24-29(26-52-43)28-1-9-37-38(23-28)53-40(27-51-37)57-11-13-58(14-12-57)68(60,61)22-21-66-18-17-64-15-16-65-19-20-67-55-44(59)33-7-8-34(47)41(49)42(33)54-36-10-4-31(50)25-35(36)48/h1-10,23-27,54,56H,11-22H2,(H,55,59). The lowest BCUT2D eigenvalue weighted by Gasteiger charge is -2.34. The SMILES string of the molecule is O=C(NOCCOCCOCCOCCS(=O)(=O)N1CCN(c2cnc3ccc(-c4cnc(Cl)c(NS(=O)(=O)c5ccc(F)cc5)c4)cc3n2)CC1)c1ccc(F)c(F)c1Nc1ccc(I)cc1F. The molecular weight excluding hydrogens is 1090 g/mol. The van der Waals surface area contributed by atoms with Crippen molar-refractivity contribution in [3.05, 3.63) is 129 Å². The van der Waals surface area contributed by atoms with Gasteiger partial charge in [-0.05, 0) is 101 Å². The third-order valence-corrected chi connectivity index (χ3v) is 14.5. The second-order valence-electron chi connectivity index (χ2n) is 14.9. The summed E-state index contributed by atoms with van der Waals surface area (Å²) in [6, 6.07) is 17.1. The van der Waals surface area contributed by atoms with Crippen molar-refractivity contribution in [1.82, 2.24) is 24.7 Å². The molecule has 6 aromatic rings. The van der Waals surface area contributed by atoms with Crippen molar-refractivity contribution in [2.24, 2.45) is 0 Å². The zero-order valence-corrected chi connectivity index (χ0v) is 40.7. The Morgan fingerprint density at radius 1 is 0.710 bits per heavy atom. The highest BCUT2D eigenvalue weighted by molar-refractivity contribution is 14.1. The lowest BCUT2D eigenvalue weighted by Crippen LogP contribution is -2.49. The molecule has 25 heteroatoms. The number of amides is 1. The fraction of sp³-hybridized carbons (Fsp3) is 0.273.